The fourth-order valence-electron chi connectivity index (χ4n) is 3.63. The summed E-state index contributed by atoms with van der Waals surface area (Å²) in [6.07, 6.45) is 2.99. The summed E-state index contributed by atoms with van der Waals surface area (Å²) >= 11 is 0. The largest absolute Gasteiger partial charge is 0.458 e. The van der Waals surface area contributed by atoms with Gasteiger partial charge in [-0.05, 0) is 49.7 Å². The minimum Gasteiger partial charge on any atom is -0.458 e. The zero-order valence-corrected chi connectivity index (χ0v) is 14.6. The molecular formula is C20H24N4O. The predicted octanol–water partition coefficient (Wildman–Crippen LogP) is 3.63. The second-order valence-electron chi connectivity index (χ2n) is 6.87. The number of nitrogens with one attached hydrogen (secondary N) is 1. The van der Waals surface area contributed by atoms with Crippen LogP contribution in [-0.4, -0.2) is 41.8 Å². The first-order valence-corrected chi connectivity index (χ1v) is 8.85. The molecule has 0 saturated carbocycles. The van der Waals surface area contributed by atoms with E-state index in [2.05, 4.69) is 63.4 Å². The summed E-state index contributed by atoms with van der Waals surface area (Å²) in [5.41, 5.74) is 2.26. The Morgan fingerprint density at radius 1 is 1.20 bits per heavy atom. The number of aromatic amines is 1. The van der Waals surface area contributed by atoms with Crippen LogP contribution in [0.1, 0.15) is 12.2 Å². The third kappa shape index (κ3) is 3.77. The lowest BCUT2D eigenvalue weighted by molar-refractivity contribution is 0.259. The second kappa shape index (κ2) is 7.15. The standard InChI is InChI=1S/C20H24N4O/c1-23(15-18-7-8-20(25-18)19-9-11-21-22-19)13-16-10-12-24(14-16)17-5-3-2-4-6-17/h2-9,11,16H,10,12-15H2,1H3,(H,21,22). The van der Waals surface area contributed by atoms with Crippen molar-refractivity contribution in [2.24, 2.45) is 5.92 Å². The van der Waals surface area contributed by atoms with E-state index in [4.69, 9.17) is 4.42 Å². The van der Waals surface area contributed by atoms with E-state index in [0.29, 0.717) is 5.92 Å². The number of rotatable bonds is 6. The number of hydrogen-bond donors (Lipinski definition) is 1. The maximum absolute atomic E-state index is 5.93. The SMILES string of the molecule is CN(Cc1ccc(-c2ccn[nH]2)o1)CC1CCN(c2ccccc2)C1. The molecule has 0 spiro atoms. The summed E-state index contributed by atoms with van der Waals surface area (Å²) in [5, 5.41) is 6.91. The van der Waals surface area contributed by atoms with Crippen molar-refractivity contribution in [1.82, 2.24) is 15.1 Å². The minimum atomic E-state index is 0.701. The van der Waals surface area contributed by atoms with Gasteiger partial charge in [0.25, 0.3) is 0 Å². The van der Waals surface area contributed by atoms with Gasteiger partial charge in [-0.25, -0.2) is 0 Å². The lowest BCUT2D eigenvalue weighted by Crippen LogP contribution is -2.27. The lowest BCUT2D eigenvalue weighted by Gasteiger charge is -2.21. The molecule has 1 unspecified atom stereocenters. The van der Waals surface area contributed by atoms with Gasteiger partial charge >= 0.3 is 0 Å². The number of anilines is 1. The van der Waals surface area contributed by atoms with Crippen molar-refractivity contribution in [2.45, 2.75) is 13.0 Å². The van der Waals surface area contributed by atoms with Crippen LogP contribution in [0.25, 0.3) is 11.5 Å². The molecule has 1 aromatic carbocycles. The molecule has 0 aliphatic carbocycles. The lowest BCUT2D eigenvalue weighted by atomic mass is 10.1. The van der Waals surface area contributed by atoms with Gasteiger partial charge in [0, 0.05) is 31.5 Å². The fraction of sp³-hybridized carbons (Fsp3) is 0.350. The monoisotopic (exact) mass is 336 g/mol. The highest BCUT2D eigenvalue weighted by atomic mass is 16.3. The summed E-state index contributed by atoms with van der Waals surface area (Å²) in [7, 11) is 2.17. The molecule has 2 aromatic heterocycles. The number of hydrogen-bond acceptors (Lipinski definition) is 4. The maximum Gasteiger partial charge on any atom is 0.152 e. The Bertz CT molecular complexity index is 781. The van der Waals surface area contributed by atoms with Gasteiger partial charge in [0.15, 0.2) is 5.76 Å². The van der Waals surface area contributed by atoms with Gasteiger partial charge in [-0.3, -0.25) is 10.00 Å². The molecule has 130 valence electrons. The Labute approximate surface area is 148 Å². The minimum absolute atomic E-state index is 0.701. The van der Waals surface area contributed by atoms with Crippen LogP contribution in [0.3, 0.4) is 0 Å². The highest BCUT2D eigenvalue weighted by molar-refractivity contribution is 5.51. The molecule has 1 N–H and O–H groups in total. The first kappa shape index (κ1) is 16.0. The zero-order valence-electron chi connectivity index (χ0n) is 14.6. The molecule has 1 aliphatic heterocycles. The molecule has 0 radical (unpaired) electrons. The van der Waals surface area contributed by atoms with Crippen molar-refractivity contribution in [3.63, 3.8) is 0 Å². The van der Waals surface area contributed by atoms with Gasteiger partial charge in [0.05, 0.1) is 6.54 Å². The van der Waals surface area contributed by atoms with Crippen LogP contribution in [0.2, 0.25) is 0 Å². The highest BCUT2D eigenvalue weighted by Crippen LogP contribution is 2.25. The van der Waals surface area contributed by atoms with Crippen molar-refractivity contribution in [1.29, 1.82) is 0 Å². The van der Waals surface area contributed by atoms with Crippen LogP contribution < -0.4 is 4.90 Å². The van der Waals surface area contributed by atoms with Crippen LogP contribution in [-0.2, 0) is 6.54 Å². The summed E-state index contributed by atoms with van der Waals surface area (Å²) in [5.74, 6) is 2.54. The van der Waals surface area contributed by atoms with Gasteiger partial charge in [0.1, 0.15) is 11.5 Å². The van der Waals surface area contributed by atoms with Crippen molar-refractivity contribution in [2.75, 3.05) is 31.6 Å². The molecule has 4 rings (SSSR count). The molecule has 1 fully saturated rings. The van der Waals surface area contributed by atoms with E-state index < -0.39 is 0 Å². The Balaban J connectivity index is 1.30. The molecule has 0 amide bonds. The normalized spacial score (nSPS) is 17.5. The molecule has 1 aliphatic rings. The van der Waals surface area contributed by atoms with Gasteiger partial charge < -0.3 is 9.32 Å². The molecule has 5 nitrogen and oxygen atoms in total. The van der Waals surface area contributed by atoms with Crippen molar-refractivity contribution < 1.29 is 4.42 Å². The van der Waals surface area contributed by atoms with Crippen molar-refractivity contribution in [3.8, 4) is 11.5 Å². The van der Waals surface area contributed by atoms with E-state index in [1.54, 1.807) is 6.20 Å². The van der Waals surface area contributed by atoms with E-state index in [1.807, 2.05) is 12.1 Å². The van der Waals surface area contributed by atoms with Crippen LogP contribution >= 0.6 is 0 Å². The molecule has 1 atom stereocenters. The van der Waals surface area contributed by atoms with Gasteiger partial charge in [-0.15, -0.1) is 0 Å². The Morgan fingerprint density at radius 2 is 2.08 bits per heavy atom. The zero-order chi connectivity index (χ0) is 17.1. The number of benzene rings is 1. The van der Waals surface area contributed by atoms with Crippen LogP contribution in [0.4, 0.5) is 5.69 Å². The molecule has 3 aromatic rings. The van der Waals surface area contributed by atoms with Crippen molar-refractivity contribution >= 4 is 5.69 Å². The van der Waals surface area contributed by atoms with E-state index in [9.17, 15) is 0 Å². The first-order chi connectivity index (χ1) is 12.3. The molecule has 1 saturated heterocycles. The third-order valence-corrected chi connectivity index (χ3v) is 4.83. The number of aromatic nitrogens is 2. The number of H-pyrrole nitrogens is 1. The molecular weight excluding hydrogens is 312 g/mol. The van der Waals surface area contributed by atoms with Crippen LogP contribution in [0.15, 0.2) is 59.1 Å². The second-order valence-corrected chi connectivity index (χ2v) is 6.87. The van der Waals surface area contributed by atoms with E-state index in [0.717, 1.165) is 43.4 Å². The van der Waals surface area contributed by atoms with Crippen LogP contribution in [0.5, 0.6) is 0 Å². The van der Waals surface area contributed by atoms with Gasteiger partial charge in [-0.1, -0.05) is 18.2 Å². The van der Waals surface area contributed by atoms with Crippen molar-refractivity contribution in [3.05, 3.63) is 60.5 Å². The predicted molar refractivity (Wildman–Crippen MR) is 99.4 cm³/mol. The van der Waals surface area contributed by atoms with E-state index in [1.165, 1.54) is 12.1 Å². The molecule has 0 bridgehead atoms. The van der Waals surface area contributed by atoms with Gasteiger partial charge in [0.2, 0.25) is 0 Å². The summed E-state index contributed by atoms with van der Waals surface area (Å²) in [4.78, 5) is 4.84. The Kier molecular flexibility index (Phi) is 4.57. The maximum atomic E-state index is 5.93. The number of nitrogens with zero attached hydrogens (tertiary/aromatic N) is 3. The smallest absolute Gasteiger partial charge is 0.152 e. The number of furan rings is 1. The summed E-state index contributed by atoms with van der Waals surface area (Å²) in [6, 6.07) is 16.7. The summed E-state index contributed by atoms with van der Waals surface area (Å²) in [6.45, 7) is 4.19. The number of para-hydroxylation sites is 1. The summed E-state index contributed by atoms with van der Waals surface area (Å²) < 4.78 is 5.93. The molecule has 3 heterocycles. The average molecular weight is 336 g/mol. The molecule has 5 heteroatoms. The molecule has 25 heavy (non-hydrogen) atoms. The first-order valence-electron chi connectivity index (χ1n) is 8.85. The van der Waals surface area contributed by atoms with Crippen LogP contribution in [0, 0.1) is 5.92 Å². The quantitative estimate of drug-likeness (QED) is 0.747. The fourth-order valence-corrected chi connectivity index (χ4v) is 3.63. The Morgan fingerprint density at radius 3 is 2.88 bits per heavy atom. The average Bonchev–Trinajstić information content (AvgIpc) is 3.37. The highest BCUT2D eigenvalue weighted by Gasteiger charge is 2.24. The van der Waals surface area contributed by atoms with E-state index >= 15 is 0 Å². The Hall–Kier alpha value is -2.53. The van der Waals surface area contributed by atoms with Gasteiger partial charge in [-0.2, -0.15) is 5.10 Å². The third-order valence-electron chi connectivity index (χ3n) is 4.83. The van der Waals surface area contributed by atoms with E-state index in [-0.39, 0.29) is 0 Å². The topological polar surface area (TPSA) is 48.3 Å².